The highest BCUT2D eigenvalue weighted by molar-refractivity contribution is 5.76. The maximum absolute atomic E-state index is 12.5. The summed E-state index contributed by atoms with van der Waals surface area (Å²) in [6, 6.07) is 11.2. The zero-order valence-electron chi connectivity index (χ0n) is 42.8. The lowest BCUT2D eigenvalue weighted by Crippen LogP contribution is -2.56. The van der Waals surface area contributed by atoms with E-state index in [1.807, 2.05) is 61.3 Å². The molecule has 0 saturated carbocycles. The number of carbonyl (C=O) groups excluding carboxylic acids is 1. The second-order valence-corrected chi connectivity index (χ2v) is 19.6. The van der Waals surface area contributed by atoms with E-state index in [4.69, 9.17) is 15.9 Å². The van der Waals surface area contributed by atoms with Gasteiger partial charge in [-0.1, -0.05) is 38.0 Å². The molecule has 0 aliphatic carbocycles. The van der Waals surface area contributed by atoms with Gasteiger partial charge in [0.15, 0.2) is 0 Å². The smallest absolute Gasteiger partial charge is 0.220 e. The number of amides is 1. The van der Waals surface area contributed by atoms with Crippen molar-refractivity contribution in [1.82, 2.24) is 41.0 Å². The fraction of sp³-hybridized carbons (Fsp3) is 0.714. The number of hydrogen-bond acceptors (Lipinski definition) is 24. The van der Waals surface area contributed by atoms with Gasteiger partial charge in [-0.15, -0.1) is 0 Å². The van der Waals surface area contributed by atoms with Gasteiger partial charge in [0, 0.05) is 50.4 Å². The average Bonchev–Trinajstić information content (AvgIpc) is 3.77. The molecule has 26 nitrogen and oxygen atoms in total. The van der Waals surface area contributed by atoms with Crippen molar-refractivity contribution in [2.75, 3.05) is 51.8 Å². The number of aliphatic hydroxyl groups excluding tert-OH is 15. The van der Waals surface area contributed by atoms with Crippen LogP contribution in [-0.2, 0) is 17.9 Å². The third-order valence-corrected chi connectivity index (χ3v) is 13.6. The summed E-state index contributed by atoms with van der Waals surface area (Å²) in [6.07, 6.45) is -17.0. The van der Waals surface area contributed by atoms with Crippen molar-refractivity contribution in [2.24, 2.45) is 5.73 Å². The quantitative estimate of drug-likeness (QED) is 0.0191. The summed E-state index contributed by atoms with van der Waals surface area (Å²) >= 11 is 0. The Morgan fingerprint density at radius 3 is 2.09 bits per heavy atom. The Morgan fingerprint density at radius 2 is 1.44 bits per heavy atom. The molecular weight excluding hydrogens is 985 g/mol. The third-order valence-electron chi connectivity index (χ3n) is 13.6. The summed E-state index contributed by atoms with van der Waals surface area (Å²) in [5.74, 6) is 0.0907. The van der Waals surface area contributed by atoms with Crippen molar-refractivity contribution in [3.05, 3.63) is 59.4 Å². The van der Waals surface area contributed by atoms with Gasteiger partial charge in [0.05, 0.1) is 49.0 Å². The van der Waals surface area contributed by atoms with Gasteiger partial charge < -0.3 is 97.9 Å². The third kappa shape index (κ3) is 19.9. The van der Waals surface area contributed by atoms with Crippen molar-refractivity contribution < 1.29 is 81.4 Å². The summed E-state index contributed by atoms with van der Waals surface area (Å²) in [7, 11) is 1.83. The maximum Gasteiger partial charge on any atom is 0.220 e. The van der Waals surface area contributed by atoms with Crippen LogP contribution in [0.15, 0.2) is 42.5 Å². The van der Waals surface area contributed by atoms with Crippen molar-refractivity contribution in [2.45, 2.75) is 176 Å². The zero-order chi connectivity index (χ0) is 55.4. The lowest BCUT2D eigenvalue weighted by Gasteiger charge is -2.31. The number of hydrogen-bond donors (Lipinski definition) is 22. The second kappa shape index (κ2) is 32.3. The maximum atomic E-state index is 12.5. The van der Waals surface area contributed by atoms with Crippen LogP contribution in [0.5, 0.6) is 0 Å². The Bertz CT molecular complexity index is 2050. The first kappa shape index (κ1) is 63.9. The summed E-state index contributed by atoms with van der Waals surface area (Å²) in [5.41, 5.74) is 10.5. The monoisotopic (exact) mass is 1070 g/mol. The molecule has 0 fully saturated rings. The molecule has 0 saturated heterocycles. The Balaban J connectivity index is 1.28. The number of anilines is 1. The van der Waals surface area contributed by atoms with E-state index in [1.54, 1.807) is 4.90 Å². The number of para-hydroxylation sites is 2. The molecule has 0 bridgehead atoms. The largest absolute Gasteiger partial charge is 0.394 e. The molecule has 2 heterocycles. The van der Waals surface area contributed by atoms with E-state index in [-0.39, 0.29) is 31.7 Å². The molecule has 1 aliphatic heterocycles. The minimum absolute atomic E-state index is 0.0112. The number of carbonyl (C=O) groups is 1. The number of H-pyrrole nitrogens is 1. The lowest BCUT2D eigenvalue weighted by atomic mass is 10.0. The fourth-order valence-corrected chi connectivity index (χ4v) is 8.76. The molecule has 26 heteroatoms. The van der Waals surface area contributed by atoms with Crippen LogP contribution in [0.1, 0.15) is 87.9 Å². The highest BCUT2D eigenvalue weighted by atomic mass is 16.4. The summed E-state index contributed by atoms with van der Waals surface area (Å²) < 4.78 is 0. The van der Waals surface area contributed by atoms with Gasteiger partial charge in [0.25, 0.3) is 0 Å². The van der Waals surface area contributed by atoms with Crippen molar-refractivity contribution in [3.63, 3.8) is 0 Å². The molecule has 428 valence electrons. The molecule has 1 amide bonds. The van der Waals surface area contributed by atoms with Crippen molar-refractivity contribution >= 4 is 22.6 Å². The zero-order valence-corrected chi connectivity index (χ0v) is 42.8. The Morgan fingerprint density at radius 1 is 0.800 bits per heavy atom. The fourth-order valence-electron chi connectivity index (χ4n) is 8.76. The van der Waals surface area contributed by atoms with Crippen LogP contribution in [0, 0.1) is 0 Å². The van der Waals surface area contributed by atoms with Gasteiger partial charge in [0.1, 0.15) is 73.6 Å². The van der Waals surface area contributed by atoms with E-state index in [0.29, 0.717) is 44.6 Å². The van der Waals surface area contributed by atoms with Crippen molar-refractivity contribution in [1.29, 1.82) is 0 Å². The van der Waals surface area contributed by atoms with Crippen LogP contribution in [0.3, 0.4) is 0 Å². The molecule has 3 aromatic rings. The van der Waals surface area contributed by atoms with Gasteiger partial charge >= 0.3 is 0 Å². The van der Waals surface area contributed by atoms with E-state index in [9.17, 15) is 71.2 Å². The van der Waals surface area contributed by atoms with Gasteiger partial charge in [-0.05, 0) is 87.5 Å². The van der Waals surface area contributed by atoms with E-state index >= 15 is 0 Å². The Hall–Kier alpha value is -3.66. The number of aromatic amines is 1. The van der Waals surface area contributed by atoms with Crippen molar-refractivity contribution in [3.8, 4) is 0 Å². The Kier molecular flexibility index (Phi) is 27.5. The molecule has 75 heavy (non-hydrogen) atoms. The number of fused-ring (bicyclic) bond motifs is 2. The highest BCUT2D eigenvalue weighted by Crippen LogP contribution is 2.30. The molecule has 4 rings (SSSR count). The molecule has 16 atom stereocenters. The van der Waals surface area contributed by atoms with E-state index < -0.39 is 124 Å². The van der Waals surface area contributed by atoms with Gasteiger partial charge in [-0.3, -0.25) is 30.5 Å². The SMILES string of the molecule is CCC1Nc2ccc([C@@H](O)N(C)Cc3nc4ccccc4[nH]3)cc2CN(CCCCCCN[C@H](O)[C@H](CC[C@@H](O)NC[C@@H](O)[C@H](O)[C@@H](O)[C@@H](O)CO)N[C@H](O)[C@@H](N)CCC(=O)NC[C@H](O)[C@H](O)[C@@H](O)[C@H](O)CO)[C@@H]1O. The lowest BCUT2D eigenvalue weighted by molar-refractivity contribution is -0.126. The topological polar surface area (TPSA) is 442 Å². The molecular formula is C49H86N10O16. The molecule has 23 N–H and O–H groups in total. The summed E-state index contributed by atoms with van der Waals surface area (Å²) in [6.45, 7) is 1.06. The number of nitrogens with zero attached hydrogens (tertiary/aromatic N) is 3. The normalized spacial score (nSPS) is 21.1. The number of aliphatic hydroxyl groups is 15. The van der Waals surface area contributed by atoms with Crippen LogP contribution in [0.2, 0.25) is 0 Å². The number of nitrogens with two attached hydrogens (primary N) is 1. The number of nitrogens with one attached hydrogen (secondary N) is 6. The first-order valence-electron chi connectivity index (χ1n) is 25.8. The minimum atomic E-state index is -1.88. The van der Waals surface area contributed by atoms with Crippen LogP contribution in [0.4, 0.5) is 5.69 Å². The number of aromatic nitrogens is 2. The number of rotatable bonds is 36. The molecule has 0 spiro atoms. The number of unbranched alkanes of at least 4 members (excludes halogenated alkanes) is 3. The molecule has 0 radical (unpaired) electrons. The molecule has 1 aromatic heterocycles. The van der Waals surface area contributed by atoms with Crippen LogP contribution in [0.25, 0.3) is 11.0 Å². The van der Waals surface area contributed by atoms with E-state index in [1.165, 1.54) is 0 Å². The molecule has 1 unspecified atom stereocenters. The number of imidazole rings is 1. The second-order valence-electron chi connectivity index (χ2n) is 19.6. The first-order valence-corrected chi connectivity index (χ1v) is 25.8. The van der Waals surface area contributed by atoms with Crippen LogP contribution >= 0.6 is 0 Å². The van der Waals surface area contributed by atoms with Gasteiger partial charge in [-0.2, -0.15) is 0 Å². The first-order chi connectivity index (χ1) is 35.7. The van der Waals surface area contributed by atoms with Gasteiger partial charge in [-0.25, -0.2) is 4.98 Å². The minimum Gasteiger partial charge on any atom is -0.394 e. The summed E-state index contributed by atoms with van der Waals surface area (Å²) in [5, 5.41) is 168. The molecule has 2 aromatic carbocycles. The predicted molar refractivity (Wildman–Crippen MR) is 274 cm³/mol. The highest BCUT2D eigenvalue weighted by Gasteiger charge is 2.33. The molecule has 1 aliphatic rings. The summed E-state index contributed by atoms with van der Waals surface area (Å²) in [4.78, 5) is 24.3. The average molecular weight is 1070 g/mol. The van der Waals surface area contributed by atoms with Crippen LogP contribution < -0.4 is 32.3 Å². The predicted octanol–water partition coefficient (Wildman–Crippen LogP) is -5.46. The van der Waals surface area contributed by atoms with Gasteiger partial charge in [0.2, 0.25) is 5.91 Å². The van der Waals surface area contributed by atoms with Crippen LogP contribution in [-0.4, -0.2) is 241 Å². The Labute approximate surface area is 436 Å². The standard InChI is InChI=1S/C49H86N10O16/c1-3-30-49(75)59(23-28-20-27(12-14-31(28)54-30)48(74)58(2)24-39-55-32-10-6-7-11-33(32)56-39)19-9-5-4-8-18-51-47(73)34(15-17-41(67)53-22-36(63)43(69)45(71)38(65)26-61)57-46(72)29(50)13-16-40(66)52-21-35(62)42(68)44(70)37(64)25-60/h6-7,10-12,14,20,29-30,34-38,41-49,51,53-54,57,60-65,67-75H,3-5,8-9,13,15-19,21-26,50H2,1-2H3,(H,52,66)(H,55,56)/t29-,30?,34-,35-,36+,37+,38-,41+,42-,43-,44-,45-,46+,47+,48+,49+/m0/s1. The number of benzene rings is 2. The van der Waals surface area contributed by atoms with E-state index in [2.05, 4.69) is 36.6 Å². The van der Waals surface area contributed by atoms with E-state index in [0.717, 1.165) is 47.4 Å².